The van der Waals surface area contributed by atoms with Crippen molar-refractivity contribution in [3.8, 4) is 5.75 Å². The molecule has 1 N–H and O–H groups in total. The molecule has 0 heterocycles. The van der Waals surface area contributed by atoms with Crippen molar-refractivity contribution in [3.63, 3.8) is 0 Å². The summed E-state index contributed by atoms with van der Waals surface area (Å²) in [6.07, 6.45) is 2.75. The lowest BCUT2D eigenvalue weighted by Crippen LogP contribution is -2.46. The molecule has 2 aromatic carbocycles. The van der Waals surface area contributed by atoms with Crippen LogP contribution >= 0.6 is 0 Å². The van der Waals surface area contributed by atoms with E-state index in [0.717, 1.165) is 18.4 Å². The van der Waals surface area contributed by atoms with Gasteiger partial charge in [0.05, 0.1) is 12.7 Å². The molecule has 0 saturated carbocycles. The van der Waals surface area contributed by atoms with Crippen LogP contribution in [0.2, 0.25) is 0 Å². The van der Waals surface area contributed by atoms with E-state index < -0.39 is 0 Å². The third kappa shape index (κ3) is 5.62. The monoisotopic (exact) mass is 354 g/mol. The lowest BCUT2D eigenvalue weighted by Gasteiger charge is -2.23. The first-order chi connectivity index (χ1) is 12.7. The van der Waals surface area contributed by atoms with Crippen LogP contribution < -0.4 is 10.2 Å². The van der Waals surface area contributed by atoms with E-state index in [1.165, 1.54) is 12.1 Å². The number of carbonyl (C=O) groups is 2. The summed E-state index contributed by atoms with van der Waals surface area (Å²) in [6, 6.07) is 16.8. The van der Waals surface area contributed by atoms with Crippen molar-refractivity contribution in [1.82, 2.24) is 10.4 Å². The molecule has 2 rings (SSSR count). The Morgan fingerprint density at radius 1 is 1.04 bits per heavy atom. The van der Waals surface area contributed by atoms with Gasteiger partial charge in [-0.2, -0.15) is 0 Å². The van der Waals surface area contributed by atoms with Crippen molar-refractivity contribution in [2.24, 2.45) is 0 Å². The summed E-state index contributed by atoms with van der Waals surface area (Å²) in [5, 5.41) is 1.43. The maximum Gasteiger partial charge on any atom is 0.273 e. The van der Waals surface area contributed by atoms with Gasteiger partial charge in [-0.25, -0.2) is 0 Å². The molecule has 0 unspecified atom stereocenters. The van der Waals surface area contributed by atoms with E-state index >= 15 is 0 Å². The predicted molar refractivity (Wildman–Crippen MR) is 102 cm³/mol. The number of hydrogen-bond donors (Lipinski definition) is 1. The molecule has 0 aliphatic rings. The zero-order valence-corrected chi connectivity index (χ0v) is 15.4. The fourth-order valence-electron chi connectivity index (χ4n) is 2.61. The number of methoxy groups -OCH3 is 1. The SMILES string of the molecule is CCCCN(NC(=O)c1ccccc1OC)C(=O)CCc1ccccc1. The minimum atomic E-state index is -0.341. The summed E-state index contributed by atoms with van der Waals surface area (Å²) in [6.45, 7) is 2.54. The van der Waals surface area contributed by atoms with Crippen LogP contribution in [-0.4, -0.2) is 30.5 Å². The third-order valence-electron chi connectivity index (χ3n) is 4.09. The molecular weight excluding hydrogens is 328 g/mol. The Morgan fingerprint density at radius 2 is 1.73 bits per heavy atom. The highest BCUT2D eigenvalue weighted by molar-refractivity contribution is 5.97. The molecule has 2 amide bonds. The van der Waals surface area contributed by atoms with Crippen LogP contribution in [0.3, 0.4) is 0 Å². The molecule has 138 valence electrons. The minimum Gasteiger partial charge on any atom is -0.496 e. The summed E-state index contributed by atoms with van der Waals surface area (Å²) in [5.74, 6) is 0.0503. The Morgan fingerprint density at radius 3 is 2.42 bits per heavy atom. The van der Waals surface area contributed by atoms with Gasteiger partial charge >= 0.3 is 0 Å². The fourth-order valence-corrected chi connectivity index (χ4v) is 2.61. The van der Waals surface area contributed by atoms with Crippen LogP contribution in [0.1, 0.15) is 42.1 Å². The van der Waals surface area contributed by atoms with Gasteiger partial charge in [-0.15, -0.1) is 0 Å². The zero-order chi connectivity index (χ0) is 18.8. The largest absolute Gasteiger partial charge is 0.496 e. The number of nitrogens with zero attached hydrogens (tertiary/aromatic N) is 1. The van der Waals surface area contributed by atoms with Gasteiger partial charge in [0.1, 0.15) is 5.75 Å². The fraction of sp³-hybridized carbons (Fsp3) is 0.333. The van der Waals surface area contributed by atoms with E-state index in [1.807, 2.05) is 30.3 Å². The number of hydrazine groups is 1. The second kappa shape index (κ2) is 10.2. The molecule has 0 fully saturated rings. The highest BCUT2D eigenvalue weighted by atomic mass is 16.5. The lowest BCUT2D eigenvalue weighted by molar-refractivity contribution is -0.133. The first-order valence-electron chi connectivity index (χ1n) is 8.94. The number of hydrogen-bond acceptors (Lipinski definition) is 3. The standard InChI is InChI=1S/C21H26N2O3/c1-3-4-16-23(20(24)15-14-17-10-6-5-7-11-17)22-21(25)18-12-8-9-13-19(18)26-2/h5-13H,3-4,14-16H2,1-2H3,(H,22,25). The number of rotatable bonds is 8. The molecule has 0 aliphatic carbocycles. The van der Waals surface area contributed by atoms with Gasteiger partial charge in [-0.1, -0.05) is 55.8 Å². The van der Waals surface area contributed by atoms with Crippen molar-refractivity contribution in [2.45, 2.75) is 32.6 Å². The van der Waals surface area contributed by atoms with Gasteiger partial charge in [0.2, 0.25) is 5.91 Å². The Hall–Kier alpha value is -2.82. The second-order valence-electron chi connectivity index (χ2n) is 6.03. The molecule has 0 saturated heterocycles. The quantitative estimate of drug-likeness (QED) is 0.737. The maximum absolute atomic E-state index is 12.6. The average Bonchev–Trinajstić information content (AvgIpc) is 2.69. The molecule has 5 nitrogen and oxygen atoms in total. The first kappa shape index (κ1) is 19.5. The number of benzene rings is 2. The van der Waals surface area contributed by atoms with E-state index in [2.05, 4.69) is 12.3 Å². The van der Waals surface area contributed by atoms with Crippen molar-refractivity contribution >= 4 is 11.8 Å². The molecule has 5 heteroatoms. The van der Waals surface area contributed by atoms with Gasteiger partial charge in [-0.3, -0.25) is 20.0 Å². The van der Waals surface area contributed by atoms with Crippen molar-refractivity contribution in [1.29, 1.82) is 0 Å². The number of carbonyl (C=O) groups excluding carboxylic acids is 2. The Balaban J connectivity index is 2.03. The van der Waals surface area contributed by atoms with Crippen LogP contribution in [0, 0.1) is 0 Å². The van der Waals surface area contributed by atoms with Crippen LogP contribution in [0.25, 0.3) is 0 Å². The molecule has 26 heavy (non-hydrogen) atoms. The van der Waals surface area contributed by atoms with Crippen LogP contribution in [0.4, 0.5) is 0 Å². The number of unbranched alkanes of at least 4 members (excludes halogenated alkanes) is 1. The third-order valence-corrected chi connectivity index (χ3v) is 4.09. The summed E-state index contributed by atoms with van der Waals surface area (Å²) in [5.41, 5.74) is 4.26. The predicted octanol–water partition coefficient (Wildman–Crippen LogP) is 3.60. The minimum absolute atomic E-state index is 0.0921. The molecule has 2 aromatic rings. The molecular formula is C21H26N2O3. The molecule has 0 aliphatic heterocycles. The molecule has 0 spiro atoms. The van der Waals surface area contributed by atoms with E-state index in [0.29, 0.717) is 30.7 Å². The highest BCUT2D eigenvalue weighted by Crippen LogP contribution is 2.17. The van der Waals surface area contributed by atoms with E-state index in [4.69, 9.17) is 4.74 Å². The normalized spacial score (nSPS) is 10.2. The van der Waals surface area contributed by atoms with Crippen LogP contribution in [0.15, 0.2) is 54.6 Å². The van der Waals surface area contributed by atoms with Crippen LogP contribution in [0.5, 0.6) is 5.75 Å². The number of aryl methyl sites for hydroxylation is 1. The summed E-state index contributed by atoms with van der Waals surface area (Å²) in [7, 11) is 1.52. The highest BCUT2D eigenvalue weighted by Gasteiger charge is 2.19. The smallest absolute Gasteiger partial charge is 0.273 e. The summed E-state index contributed by atoms with van der Waals surface area (Å²) in [4.78, 5) is 25.2. The zero-order valence-electron chi connectivity index (χ0n) is 15.4. The van der Waals surface area contributed by atoms with E-state index in [1.54, 1.807) is 24.3 Å². The average molecular weight is 354 g/mol. The van der Waals surface area contributed by atoms with Gasteiger partial charge in [-0.05, 0) is 30.5 Å². The Kier molecular flexibility index (Phi) is 7.68. The number of ether oxygens (including phenoxy) is 1. The van der Waals surface area contributed by atoms with Gasteiger partial charge < -0.3 is 4.74 Å². The maximum atomic E-state index is 12.6. The first-order valence-corrected chi connectivity index (χ1v) is 8.94. The molecule has 0 aromatic heterocycles. The lowest BCUT2D eigenvalue weighted by atomic mass is 10.1. The topological polar surface area (TPSA) is 58.6 Å². The number of para-hydroxylation sites is 1. The van der Waals surface area contributed by atoms with Gasteiger partial charge in [0.15, 0.2) is 0 Å². The van der Waals surface area contributed by atoms with Crippen molar-refractivity contribution in [2.75, 3.05) is 13.7 Å². The molecule has 0 bridgehead atoms. The van der Waals surface area contributed by atoms with E-state index in [-0.39, 0.29) is 11.8 Å². The summed E-state index contributed by atoms with van der Waals surface area (Å²) >= 11 is 0. The van der Waals surface area contributed by atoms with Gasteiger partial charge in [0, 0.05) is 13.0 Å². The number of amides is 2. The second-order valence-corrected chi connectivity index (χ2v) is 6.03. The van der Waals surface area contributed by atoms with Gasteiger partial charge in [0.25, 0.3) is 5.91 Å². The molecule has 0 radical (unpaired) electrons. The van der Waals surface area contributed by atoms with Crippen molar-refractivity contribution in [3.05, 3.63) is 65.7 Å². The van der Waals surface area contributed by atoms with Crippen molar-refractivity contribution < 1.29 is 14.3 Å². The molecule has 0 atom stereocenters. The summed E-state index contributed by atoms with van der Waals surface area (Å²) < 4.78 is 5.23. The van der Waals surface area contributed by atoms with Crippen LogP contribution in [-0.2, 0) is 11.2 Å². The Bertz CT molecular complexity index is 716. The van der Waals surface area contributed by atoms with E-state index in [9.17, 15) is 9.59 Å². The number of nitrogens with one attached hydrogen (secondary N) is 1. The Labute approximate surface area is 154 Å².